The number of hydrogen-bond donors (Lipinski definition) is 0. The van der Waals surface area contributed by atoms with Crippen LogP contribution in [0.2, 0.25) is 0 Å². The summed E-state index contributed by atoms with van der Waals surface area (Å²) in [7, 11) is 0. The summed E-state index contributed by atoms with van der Waals surface area (Å²) < 4.78 is 0. The van der Waals surface area contributed by atoms with Crippen LogP contribution in [-0.2, 0) is 9.59 Å². The van der Waals surface area contributed by atoms with Crippen molar-refractivity contribution >= 4 is 49.7 Å². The van der Waals surface area contributed by atoms with E-state index in [-0.39, 0.29) is 37.7 Å². The zero-order valence-electron chi connectivity index (χ0n) is 59.5. The van der Waals surface area contributed by atoms with Crippen molar-refractivity contribution in [2.24, 2.45) is 0 Å². The van der Waals surface area contributed by atoms with E-state index in [1.165, 1.54) is 360 Å². The molecule has 0 fully saturated rings. The van der Waals surface area contributed by atoms with Crippen molar-refractivity contribution in [3.8, 4) is 0 Å². The van der Waals surface area contributed by atoms with E-state index in [2.05, 4.69) is 51.3 Å². The quantitative estimate of drug-likeness (QED) is 0.0445. The van der Waals surface area contributed by atoms with Gasteiger partial charge in [0.25, 0.3) is 0 Å². The maximum Gasteiger partial charge on any atom is 2.00 e. The second kappa shape index (κ2) is 78.4. The maximum absolute atomic E-state index is 11.9. The number of carboxylic acid groups (broad SMARTS) is 2. The molecule has 85 heavy (non-hydrogen) atoms. The van der Waals surface area contributed by atoms with Crippen LogP contribution >= 0.6 is 0 Å². The number of aliphatic carboxylic acids is 2. The Morgan fingerprint density at radius 1 is 0.212 bits per heavy atom. The molecule has 2 unspecified atom stereocenters. The molecular formula is C78H156CaN2O4. The number of carbonyl (C=O) groups excluding carboxylic acids is 2. The third-order valence-electron chi connectivity index (χ3n) is 18.7. The van der Waals surface area contributed by atoms with Gasteiger partial charge >= 0.3 is 37.7 Å². The first-order valence-corrected chi connectivity index (χ1v) is 39.2. The van der Waals surface area contributed by atoms with Gasteiger partial charge in [-0.2, -0.15) is 0 Å². The van der Waals surface area contributed by atoms with Crippen molar-refractivity contribution in [1.82, 2.24) is 9.80 Å². The molecule has 0 bridgehead atoms. The molecule has 0 saturated carbocycles. The van der Waals surface area contributed by atoms with Crippen LogP contribution in [0.3, 0.4) is 0 Å². The first-order chi connectivity index (χ1) is 41.3. The van der Waals surface area contributed by atoms with E-state index in [0.29, 0.717) is 0 Å². The van der Waals surface area contributed by atoms with Gasteiger partial charge in [0, 0.05) is 12.1 Å². The molecule has 504 valence electrons. The molecule has 0 aromatic heterocycles. The van der Waals surface area contributed by atoms with Gasteiger partial charge in [0.1, 0.15) is 0 Å². The van der Waals surface area contributed by atoms with Gasteiger partial charge in [-0.15, -0.1) is 0 Å². The Morgan fingerprint density at radius 3 is 0.435 bits per heavy atom. The predicted molar refractivity (Wildman–Crippen MR) is 376 cm³/mol. The smallest absolute Gasteiger partial charge is 0.548 e. The molecule has 0 N–H and O–H groups in total. The van der Waals surface area contributed by atoms with Crippen LogP contribution < -0.4 is 10.2 Å². The van der Waals surface area contributed by atoms with Gasteiger partial charge in [0.05, 0.1) is 11.9 Å². The summed E-state index contributed by atoms with van der Waals surface area (Å²) in [5.74, 6) is -1.72. The molecule has 0 aliphatic rings. The molecule has 0 amide bonds. The van der Waals surface area contributed by atoms with Crippen LogP contribution in [0.25, 0.3) is 0 Å². The standard InChI is InChI=1S/2C39H79NO2.Ca/c2*1-4-7-9-11-13-15-17-19-21-23-25-27-29-31-33-36-40(38(35-6-3)39(41)42)37-34-32-30-28-26-24-22-20-18-16-14-12-10-8-5-2;/h2*38H,4-37H2,1-3H3,(H,41,42);/q;;+2/p-2. The topological polar surface area (TPSA) is 86.7 Å². The van der Waals surface area contributed by atoms with Gasteiger partial charge in [0.2, 0.25) is 0 Å². The van der Waals surface area contributed by atoms with Crippen molar-refractivity contribution in [2.75, 3.05) is 26.2 Å². The first kappa shape index (κ1) is 89.3. The zero-order valence-corrected chi connectivity index (χ0v) is 61.7. The Morgan fingerprint density at radius 2 is 0.329 bits per heavy atom. The van der Waals surface area contributed by atoms with Crippen LogP contribution in [0.4, 0.5) is 0 Å². The molecule has 0 saturated heterocycles. The molecule has 0 aromatic carbocycles. The summed E-state index contributed by atoms with van der Waals surface area (Å²) in [6.45, 7) is 17.0. The summed E-state index contributed by atoms with van der Waals surface area (Å²) in [5.41, 5.74) is 0. The zero-order chi connectivity index (χ0) is 61.5. The minimum Gasteiger partial charge on any atom is -0.548 e. The molecule has 0 radical (unpaired) electrons. The van der Waals surface area contributed by atoms with Crippen LogP contribution in [0.1, 0.15) is 452 Å². The summed E-state index contributed by atoms with van der Waals surface area (Å²) in [6.07, 6.45) is 85.4. The van der Waals surface area contributed by atoms with E-state index in [9.17, 15) is 19.8 Å². The van der Waals surface area contributed by atoms with Gasteiger partial charge < -0.3 is 19.8 Å². The van der Waals surface area contributed by atoms with Crippen LogP contribution in [0.15, 0.2) is 0 Å². The molecule has 0 heterocycles. The fourth-order valence-electron chi connectivity index (χ4n) is 13.0. The average Bonchev–Trinajstić information content (AvgIpc) is 3.49. The molecule has 0 aliphatic carbocycles. The van der Waals surface area contributed by atoms with E-state index < -0.39 is 24.0 Å². The molecule has 0 rings (SSSR count). The fourth-order valence-corrected chi connectivity index (χ4v) is 13.0. The minimum atomic E-state index is -0.862. The Labute approximate surface area is 565 Å². The van der Waals surface area contributed by atoms with Crippen molar-refractivity contribution in [3.63, 3.8) is 0 Å². The number of carbonyl (C=O) groups is 2. The Kier molecular flexibility index (Phi) is 82.3. The average molecular weight is 1230 g/mol. The molecule has 6 nitrogen and oxygen atoms in total. The molecular weight excluding hydrogens is 1070 g/mol. The van der Waals surface area contributed by atoms with Crippen LogP contribution in [0.5, 0.6) is 0 Å². The SMILES string of the molecule is CCCCCCCCCCCCCCCCCN(CCCCCCCCCCCCCCCCC)C(CCC)C(=O)[O-].CCCCCCCCCCCCCCCCCN(CCCCCCCCCCCCCCCCC)C(CCC)C(=O)[O-].[Ca+2]. The van der Waals surface area contributed by atoms with E-state index >= 15 is 0 Å². The van der Waals surface area contributed by atoms with Gasteiger partial charge in [-0.1, -0.05) is 414 Å². The van der Waals surface area contributed by atoms with Crippen molar-refractivity contribution < 1.29 is 19.8 Å². The number of hydrogen-bond acceptors (Lipinski definition) is 6. The number of rotatable bonds is 72. The third-order valence-corrected chi connectivity index (χ3v) is 18.7. The van der Waals surface area contributed by atoms with Crippen LogP contribution in [-0.4, -0.2) is 97.7 Å². The second-order valence-electron chi connectivity index (χ2n) is 27.1. The Bertz CT molecular complexity index is 1080. The summed E-state index contributed by atoms with van der Waals surface area (Å²) in [6, 6.07) is -0.790. The summed E-state index contributed by atoms with van der Waals surface area (Å²) >= 11 is 0. The molecule has 0 aromatic rings. The summed E-state index contributed by atoms with van der Waals surface area (Å²) in [4.78, 5) is 28.3. The van der Waals surface area contributed by atoms with Crippen molar-refractivity contribution in [2.45, 2.75) is 465 Å². The van der Waals surface area contributed by atoms with Gasteiger partial charge in [-0.05, 0) is 64.7 Å². The first-order valence-electron chi connectivity index (χ1n) is 39.2. The maximum atomic E-state index is 11.9. The van der Waals surface area contributed by atoms with Gasteiger partial charge in [-0.25, -0.2) is 0 Å². The number of unbranched alkanes of at least 4 members (excludes halogenated alkanes) is 56. The fraction of sp³-hybridized carbons (Fsp3) is 0.974. The molecule has 0 spiro atoms. The van der Waals surface area contributed by atoms with E-state index in [1.807, 2.05) is 0 Å². The second-order valence-corrected chi connectivity index (χ2v) is 27.1. The van der Waals surface area contributed by atoms with E-state index in [1.54, 1.807) is 0 Å². The van der Waals surface area contributed by atoms with Gasteiger partial charge in [0.15, 0.2) is 0 Å². The third kappa shape index (κ3) is 69.8. The molecule has 2 atom stereocenters. The monoisotopic (exact) mass is 1230 g/mol. The van der Waals surface area contributed by atoms with Crippen molar-refractivity contribution in [3.05, 3.63) is 0 Å². The Balaban J connectivity index is -0.00000156. The minimum absolute atomic E-state index is 0. The number of carboxylic acids is 2. The molecule has 0 aliphatic heterocycles. The predicted octanol–water partition coefficient (Wildman–Crippen LogP) is 23.5. The summed E-state index contributed by atoms with van der Waals surface area (Å²) in [5, 5.41) is 23.8. The van der Waals surface area contributed by atoms with Gasteiger partial charge in [-0.3, -0.25) is 9.80 Å². The Hall–Kier alpha value is 0.120. The number of nitrogens with zero attached hydrogens (tertiary/aromatic N) is 2. The van der Waals surface area contributed by atoms with E-state index in [0.717, 1.165) is 77.5 Å². The largest absolute Gasteiger partial charge is 2.00 e. The normalized spacial score (nSPS) is 12.2. The molecule has 7 heteroatoms. The van der Waals surface area contributed by atoms with Crippen molar-refractivity contribution in [1.29, 1.82) is 0 Å². The van der Waals surface area contributed by atoms with Crippen LogP contribution in [0, 0.1) is 0 Å². The van der Waals surface area contributed by atoms with E-state index in [4.69, 9.17) is 0 Å².